The Morgan fingerprint density at radius 1 is 1.47 bits per heavy atom. The molecule has 1 unspecified atom stereocenters. The van der Waals surface area contributed by atoms with Gasteiger partial charge in [0.1, 0.15) is 11.9 Å². The Kier molecular flexibility index (Phi) is 4.13. The van der Waals surface area contributed by atoms with Gasteiger partial charge in [-0.1, -0.05) is 6.92 Å². The van der Waals surface area contributed by atoms with Gasteiger partial charge in [-0.15, -0.1) is 5.10 Å². The number of hydrogen-bond donors (Lipinski definition) is 2. The largest absolute Gasteiger partial charge is 0.368 e. The molecule has 2 rings (SSSR count). The molecule has 0 radical (unpaired) electrons. The van der Waals surface area contributed by atoms with E-state index >= 15 is 0 Å². The van der Waals surface area contributed by atoms with Gasteiger partial charge < -0.3 is 10.6 Å². The first-order chi connectivity index (χ1) is 9.13. The smallest absolute Gasteiger partial charge is 0.294 e. The van der Waals surface area contributed by atoms with Crippen LogP contribution in [0.3, 0.4) is 0 Å². The summed E-state index contributed by atoms with van der Waals surface area (Å²) >= 11 is 0. The molecule has 1 aromatic heterocycles. The SMILES string of the molecule is CCCc1nc(C(=O)N2CCCCC2C(N)=O)n[nH]1. The lowest BCUT2D eigenvalue weighted by atomic mass is 10.0. The molecule has 3 N–H and O–H groups in total. The number of aromatic nitrogens is 3. The summed E-state index contributed by atoms with van der Waals surface area (Å²) in [5.74, 6) is 0.0366. The molecule has 2 heterocycles. The molecule has 19 heavy (non-hydrogen) atoms. The molecule has 7 heteroatoms. The van der Waals surface area contributed by atoms with Crippen LogP contribution >= 0.6 is 0 Å². The highest BCUT2D eigenvalue weighted by molar-refractivity contribution is 5.94. The van der Waals surface area contributed by atoms with Crippen LogP contribution in [0.5, 0.6) is 0 Å². The maximum Gasteiger partial charge on any atom is 0.294 e. The molecule has 7 nitrogen and oxygen atoms in total. The number of aryl methyl sites for hydroxylation is 1. The number of piperidine rings is 1. The summed E-state index contributed by atoms with van der Waals surface area (Å²) in [6, 6.07) is -0.533. The van der Waals surface area contributed by atoms with E-state index < -0.39 is 11.9 Å². The molecular weight excluding hydrogens is 246 g/mol. The zero-order valence-electron chi connectivity index (χ0n) is 11.1. The van der Waals surface area contributed by atoms with Crippen LogP contribution in [-0.4, -0.2) is 44.5 Å². The second kappa shape index (κ2) is 5.81. The van der Waals surface area contributed by atoms with Crippen molar-refractivity contribution >= 4 is 11.8 Å². The maximum atomic E-state index is 12.3. The standard InChI is InChI=1S/C12H19N5O2/c1-2-5-9-14-11(16-15-9)12(19)17-7-4-3-6-8(17)10(13)18/h8H,2-7H2,1H3,(H2,13,18)(H,14,15,16). The first kappa shape index (κ1) is 13.5. The minimum Gasteiger partial charge on any atom is -0.368 e. The van der Waals surface area contributed by atoms with Crippen LogP contribution in [0.25, 0.3) is 0 Å². The summed E-state index contributed by atoms with van der Waals surface area (Å²) < 4.78 is 0. The number of carbonyl (C=O) groups is 2. The molecule has 1 saturated heterocycles. The van der Waals surface area contributed by atoms with E-state index in [0.717, 1.165) is 25.7 Å². The number of nitrogens with two attached hydrogens (primary N) is 1. The zero-order chi connectivity index (χ0) is 13.8. The predicted molar refractivity (Wildman–Crippen MR) is 68.2 cm³/mol. The fourth-order valence-electron chi connectivity index (χ4n) is 2.34. The van der Waals surface area contributed by atoms with E-state index in [4.69, 9.17) is 5.73 Å². The Balaban J connectivity index is 2.14. The van der Waals surface area contributed by atoms with Crippen molar-refractivity contribution in [3.8, 4) is 0 Å². The fourth-order valence-corrected chi connectivity index (χ4v) is 2.34. The van der Waals surface area contributed by atoms with Crippen molar-refractivity contribution in [2.24, 2.45) is 5.73 Å². The van der Waals surface area contributed by atoms with Crippen LogP contribution in [0, 0.1) is 0 Å². The van der Waals surface area contributed by atoms with Gasteiger partial charge in [0.05, 0.1) is 0 Å². The first-order valence-corrected chi connectivity index (χ1v) is 6.65. The first-order valence-electron chi connectivity index (χ1n) is 6.65. The number of nitrogens with zero attached hydrogens (tertiary/aromatic N) is 3. The van der Waals surface area contributed by atoms with E-state index in [1.807, 2.05) is 6.92 Å². The fraction of sp³-hybridized carbons (Fsp3) is 0.667. The summed E-state index contributed by atoms with van der Waals surface area (Å²) in [6.45, 7) is 2.56. The Bertz CT molecular complexity index is 470. The molecule has 1 atom stereocenters. The van der Waals surface area contributed by atoms with E-state index in [1.54, 1.807) is 0 Å². The summed E-state index contributed by atoms with van der Waals surface area (Å²) in [4.78, 5) is 29.3. The Hall–Kier alpha value is -1.92. The van der Waals surface area contributed by atoms with E-state index in [2.05, 4.69) is 15.2 Å². The van der Waals surface area contributed by atoms with Gasteiger partial charge in [0.15, 0.2) is 0 Å². The van der Waals surface area contributed by atoms with Crippen LogP contribution in [0.2, 0.25) is 0 Å². The number of H-pyrrole nitrogens is 1. The average Bonchev–Trinajstić information content (AvgIpc) is 2.87. The number of nitrogens with one attached hydrogen (secondary N) is 1. The van der Waals surface area contributed by atoms with E-state index in [0.29, 0.717) is 18.8 Å². The van der Waals surface area contributed by atoms with Gasteiger partial charge in [0.2, 0.25) is 11.7 Å². The van der Waals surface area contributed by atoms with Gasteiger partial charge in [-0.3, -0.25) is 14.7 Å². The highest BCUT2D eigenvalue weighted by Gasteiger charge is 2.32. The molecule has 1 aromatic rings. The topological polar surface area (TPSA) is 105 Å². The van der Waals surface area contributed by atoms with Gasteiger partial charge in [0, 0.05) is 13.0 Å². The highest BCUT2D eigenvalue weighted by Crippen LogP contribution is 2.18. The summed E-state index contributed by atoms with van der Waals surface area (Å²) in [5.41, 5.74) is 5.34. The van der Waals surface area contributed by atoms with Crippen molar-refractivity contribution in [2.45, 2.75) is 45.1 Å². The third-order valence-electron chi connectivity index (χ3n) is 3.30. The quantitative estimate of drug-likeness (QED) is 0.813. The highest BCUT2D eigenvalue weighted by atomic mass is 16.2. The third kappa shape index (κ3) is 2.91. The Labute approximate surface area is 111 Å². The van der Waals surface area contributed by atoms with Crippen molar-refractivity contribution < 1.29 is 9.59 Å². The van der Waals surface area contributed by atoms with Gasteiger partial charge in [0.25, 0.3) is 5.91 Å². The molecule has 0 saturated carbocycles. The van der Waals surface area contributed by atoms with Crippen molar-refractivity contribution in [3.05, 3.63) is 11.6 Å². The van der Waals surface area contributed by atoms with Crippen LogP contribution in [0.1, 0.15) is 49.1 Å². The minimum absolute atomic E-state index is 0.122. The molecule has 104 valence electrons. The third-order valence-corrected chi connectivity index (χ3v) is 3.30. The van der Waals surface area contributed by atoms with Crippen LogP contribution in [-0.2, 0) is 11.2 Å². The number of likely N-dealkylation sites (tertiary alicyclic amines) is 1. The molecule has 0 aromatic carbocycles. The van der Waals surface area contributed by atoms with Crippen LogP contribution < -0.4 is 5.73 Å². The number of aromatic amines is 1. The molecule has 2 amide bonds. The molecule has 0 bridgehead atoms. The van der Waals surface area contributed by atoms with Gasteiger partial charge in [-0.05, 0) is 25.7 Å². The van der Waals surface area contributed by atoms with Gasteiger partial charge in [-0.25, -0.2) is 4.98 Å². The van der Waals surface area contributed by atoms with Crippen molar-refractivity contribution in [2.75, 3.05) is 6.54 Å². The number of amides is 2. The average molecular weight is 265 g/mol. The van der Waals surface area contributed by atoms with Crippen molar-refractivity contribution in [3.63, 3.8) is 0 Å². The minimum atomic E-state index is -0.533. The summed E-state index contributed by atoms with van der Waals surface area (Å²) in [6.07, 6.45) is 4.08. The molecule has 1 aliphatic heterocycles. The molecule has 0 spiro atoms. The van der Waals surface area contributed by atoms with Crippen LogP contribution in [0.15, 0.2) is 0 Å². The predicted octanol–water partition coefficient (Wildman–Crippen LogP) is 0.237. The van der Waals surface area contributed by atoms with E-state index in [1.165, 1.54) is 4.90 Å². The molecule has 1 aliphatic rings. The molecule has 0 aliphatic carbocycles. The lowest BCUT2D eigenvalue weighted by Gasteiger charge is -2.32. The molecule has 1 fully saturated rings. The van der Waals surface area contributed by atoms with E-state index in [9.17, 15) is 9.59 Å². The summed E-state index contributed by atoms with van der Waals surface area (Å²) in [7, 11) is 0. The zero-order valence-corrected chi connectivity index (χ0v) is 11.1. The lowest BCUT2D eigenvalue weighted by Crippen LogP contribution is -2.50. The number of carbonyl (C=O) groups excluding carboxylic acids is 2. The Morgan fingerprint density at radius 3 is 2.95 bits per heavy atom. The van der Waals surface area contributed by atoms with Gasteiger partial charge in [-0.2, -0.15) is 0 Å². The van der Waals surface area contributed by atoms with E-state index in [-0.39, 0.29) is 11.7 Å². The van der Waals surface area contributed by atoms with Crippen LogP contribution in [0.4, 0.5) is 0 Å². The monoisotopic (exact) mass is 265 g/mol. The second-order valence-electron chi connectivity index (χ2n) is 4.77. The number of rotatable bonds is 4. The number of hydrogen-bond acceptors (Lipinski definition) is 4. The molecular formula is C12H19N5O2. The second-order valence-corrected chi connectivity index (χ2v) is 4.77. The van der Waals surface area contributed by atoms with Crippen molar-refractivity contribution in [1.29, 1.82) is 0 Å². The normalized spacial score (nSPS) is 19.4. The summed E-state index contributed by atoms with van der Waals surface area (Å²) in [5, 5.41) is 6.67. The maximum absolute atomic E-state index is 12.3. The Morgan fingerprint density at radius 2 is 2.26 bits per heavy atom. The van der Waals surface area contributed by atoms with Gasteiger partial charge >= 0.3 is 0 Å². The lowest BCUT2D eigenvalue weighted by molar-refractivity contribution is -0.123. The van der Waals surface area contributed by atoms with Crippen molar-refractivity contribution in [1.82, 2.24) is 20.1 Å². The number of primary amides is 1.